The molecule has 1 aliphatic rings. The quantitative estimate of drug-likeness (QED) is 0.271. The number of ketones is 1. The van der Waals surface area contributed by atoms with Crippen LogP contribution in [0.1, 0.15) is 29.7 Å². The van der Waals surface area contributed by atoms with Crippen LogP contribution in [-0.2, 0) is 9.59 Å². The Balaban J connectivity index is 2.09. The van der Waals surface area contributed by atoms with Crippen molar-refractivity contribution in [1.29, 1.82) is 0 Å². The second-order valence-corrected chi connectivity index (χ2v) is 7.32. The lowest BCUT2D eigenvalue weighted by molar-refractivity contribution is -0.139. The largest absolute Gasteiger partial charge is 0.507 e. The van der Waals surface area contributed by atoms with Gasteiger partial charge in [-0.25, -0.2) is 0 Å². The summed E-state index contributed by atoms with van der Waals surface area (Å²) in [7, 11) is 0. The van der Waals surface area contributed by atoms with E-state index < -0.39 is 17.7 Å². The van der Waals surface area contributed by atoms with Gasteiger partial charge >= 0.3 is 0 Å². The maximum absolute atomic E-state index is 12.9. The molecule has 0 spiro atoms. The zero-order chi connectivity index (χ0) is 23.3. The number of likely N-dealkylation sites (tertiary alicyclic amines) is 1. The van der Waals surface area contributed by atoms with Gasteiger partial charge in [0, 0.05) is 12.1 Å². The fourth-order valence-electron chi connectivity index (χ4n) is 3.73. The average Bonchev–Trinajstić information content (AvgIpc) is 3.04. The molecule has 6 nitrogen and oxygen atoms in total. The maximum atomic E-state index is 12.9. The van der Waals surface area contributed by atoms with Crippen LogP contribution in [0, 0.1) is 6.92 Å². The van der Waals surface area contributed by atoms with Crippen LogP contribution >= 0.6 is 0 Å². The predicted octanol–water partition coefficient (Wildman–Crippen LogP) is 4.57. The highest BCUT2D eigenvalue weighted by Gasteiger charge is 2.45. The lowest BCUT2D eigenvalue weighted by Crippen LogP contribution is -2.29. The highest BCUT2D eigenvalue weighted by Crippen LogP contribution is 2.40. The third-order valence-corrected chi connectivity index (χ3v) is 5.18. The Kier molecular flexibility index (Phi) is 7.15. The summed E-state index contributed by atoms with van der Waals surface area (Å²) in [5.74, 6) is -0.295. The van der Waals surface area contributed by atoms with Crippen LogP contribution in [0.5, 0.6) is 11.5 Å². The molecule has 1 fully saturated rings. The smallest absolute Gasteiger partial charge is 0.295 e. The van der Waals surface area contributed by atoms with E-state index >= 15 is 0 Å². The number of Topliss-reactive ketones (excluding diaryl/α,β-unsaturated/α-hetero) is 1. The monoisotopic (exact) mass is 433 g/mol. The minimum Gasteiger partial charge on any atom is -0.507 e. The predicted molar refractivity (Wildman–Crippen MR) is 124 cm³/mol. The second-order valence-electron chi connectivity index (χ2n) is 7.32. The summed E-state index contributed by atoms with van der Waals surface area (Å²) in [6.45, 7) is 12.1. The molecular weight excluding hydrogens is 406 g/mol. The van der Waals surface area contributed by atoms with Crippen LogP contribution in [0.25, 0.3) is 5.76 Å². The Bertz CT molecular complexity index is 1070. The highest BCUT2D eigenvalue weighted by atomic mass is 16.5. The van der Waals surface area contributed by atoms with Gasteiger partial charge in [0.25, 0.3) is 11.7 Å². The van der Waals surface area contributed by atoms with Gasteiger partial charge < -0.3 is 19.5 Å². The Labute approximate surface area is 188 Å². The number of aliphatic hydroxyl groups excluding tert-OH is 1. The molecule has 2 aromatic rings. The molecule has 166 valence electrons. The number of aliphatic hydroxyl groups is 1. The molecule has 0 aliphatic carbocycles. The van der Waals surface area contributed by atoms with E-state index in [4.69, 9.17) is 9.47 Å². The zero-order valence-corrected chi connectivity index (χ0v) is 18.3. The number of aryl methyl sites for hydroxylation is 1. The van der Waals surface area contributed by atoms with E-state index in [1.807, 2.05) is 13.8 Å². The molecule has 0 radical (unpaired) electrons. The van der Waals surface area contributed by atoms with Crippen molar-refractivity contribution in [3.8, 4) is 11.5 Å². The number of hydrogen-bond acceptors (Lipinski definition) is 5. The van der Waals surface area contributed by atoms with Crippen molar-refractivity contribution in [2.75, 3.05) is 19.8 Å². The van der Waals surface area contributed by atoms with E-state index in [0.29, 0.717) is 35.8 Å². The lowest BCUT2D eigenvalue weighted by atomic mass is 9.94. The summed E-state index contributed by atoms with van der Waals surface area (Å²) in [4.78, 5) is 27.1. The second kappa shape index (κ2) is 10.0. The summed E-state index contributed by atoms with van der Waals surface area (Å²) in [5, 5.41) is 11.1. The van der Waals surface area contributed by atoms with Gasteiger partial charge in [-0.15, -0.1) is 6.58 Å². The fraction of sp³-hybridized carbons (Fsp3) is 0.231. The average molecular weight is 434 g/mol. The molecule has 1 heterocycles. The van der Waals surface area contributed by atoms with Crippen molar-refractivity contribution < 1.29 is 24.2 Å². The number of amides is 1. The minimum absolute atomic E-state index is 0.0418. The van der Waals surface area contributed by atoms with Crippen LogP contribution in [0.4, 0.5) is 0 Å². The van der Waals surface area contributed by atoms with E-state index in [-0.39, 0.29) is 17.9 Å². The Morgan fingerprint density at radius 1 is 1.09 bits per heavy atom. The number of nitrogens with zero attached hydrogens (tertiary/aromatic N) is 1. The topological polar surface area (TPSA) is 76.1 Å². The fourth-order valence-corrected chi connectivity index (χ4v) is 3.73. The molecule has 1 N–H and O–H groups in total. The van der Waals surface area contributed by atoms with E-state index in [0.717, 1.165) is 5.56 Å². The lowest BCUT2D eigenvalue weighted by Gasteiger charge is -2.24. The number of rotatable bonds is 9. The van der Waals surface area contributed by atoms with Crippen LogP contribution in [-0.4, -0.2) is 41.5 Å². The number of ether oxygens (including phenoxy) is 2. The summed E-state index contributed by atoms with van der Waals surface area (Å²) < 4.78 is 11.1. The first kappa shape index (κ1) is 22.9. The van der Waals surface area contributed by atoms with E-state index in [1.54, 1.807) is 54.6 Å². The van der Waals surface area contributed by atoms with E-state index in [2.05, 4.69) is 13.2 Å². The molecule has 0 bridgehead atoms. The number of carbonyl (C=O) groups is 2. The van der Waals surface area contributed by atoms with Gasteiger partial charge in [-0.1, -0.05) is 30.9 Å². The first-order valence-electron chi connectivity index (χ1n) is 10.4. The van der Waals surface area contributed by atoms with Crippen LogP contribution < -0.4 is 9.47 Å². The molecule has 0 saturated carbocycles. The van der Waals surface area contributed by atoms with E-state index in [9.17, 15) is 14.7 Å². The van der Waals surface area contributed by atoms with Gasteiger partial charge in [0.05, 0.1) is 18.2 Å². The van der Waals surface area contributed by atoms with Crippen molar-refractivity contribution in [2.24, 2.45) is 0 Å². The van der Waals surface area contributed by atoms with Gasteiger partial charge in [0.15, 0.2) is 0 Å². The Morgan fingerprint density at radius 3 is 2.41 bits per heavy atom. The molecule has 2 aromatic carbocycles. The molecular formula is C26H27NO5. The minimum atomic E-state index is -0.742. The zero-order valence-electron chi connectivity index (χ0n) is 18.3. The van der Waals surface area contributed by atoms with Crippen molar-refractivity contribution in [2.45, 2.75) is 19.9 Å². The standard InChI is InChI=1S/C26H27NO5/c1-5-14-27-23(18-8-11-20(12-9-18)32-15-6-2)22(25(29)26(27)30)24(28)19-10-13-21(31-7-3)17(4)16-19/h5-6,8-13,16,23,28H,1-2,7,14-15H2,3-4H3/b24-22-. The summed E-state index contributed by atoms with van der Waals surface area (Å²) in [5.41, 5.74) is 1.98. The molecule has 1 amide bonds. The van der Waals surface area contributed by atoms with Crippen LogP contribution in [0.15, 0.2) is 73.3 Å². The first-order chi connectivity index (χ1) is 15.4. The molecule has 1 atom stereocenters. The number of hydrogen-bond donors (Lipinski definition) is 1. The molecule has 32 heavy (non-hydrogen) atoms. The summed E-state index contributed by atoms with van der Waals surface area (Å²) in [6.07, 6.45) is 3.20. The van der Waals surface area contributed by atoms with Gasteiger partial charge in [0.1, 0.15) is 23.9 Å². The summed E-state index contributed by atoms with van der Waals surface area (Å²) in [6, 6.07) is 11.5. The number of benzene rings is 2. The molecule has 1 saturated heterocycles. The highest BCUT2D eigenvalue weighted by molar-refractivity contribution is 6.46. The third-order valence-electron chi connectivity index (χ3n) is 5.18. The molecule has 1 unspecified atom stereocenters. The van der Waals surface area contributed by atoms with Crippen molar-refractivity contribution >= 4 is 17.4 Å². The van der Waals surface area contributed by atoms with Crippen molar-refractivity contribution in [1.82, 2.24) is 4.90 Å². The molecule has 3 rings (SSSR count). The maximum Gasteiger partial charge on any atom is 0.295 e. The summed E-state index contributed by atoms with van der Waals surface area (Å²) >= 11 is 0. The Hall–Kier alpha value is -3.80. The molecule has 6 heteroatoms. The molecule has 1 aliphatic heterocycles. The molecule has 0 aromatic heterocycles. The Morgan fingerprint density at radius 2 is 1.81 bits per heavy atom. The van der Waals surface area contributed by atoms with Crippen molar-refractivity contribution in [3.05, 3.63) is 90.0 Å². The van der Waals surface area contributed by atoms with Gasteiger partial charge in [-0.2, -0.15) is 0 Å². The first-order valence-corrected chi connectivity index (χ1v) is 10.4. The normalized spacial score (nSPS) is 17.3. The SMILES string of the molecule is C=CCOc1ccc(C2/C(=C(/O)c3ccc(OCC)c(C)c3)C(=O)C(=O)N2CC=C)cc1. The van der Waals surface area contributed by atoms with E-state index in [1.165, 1.54) is 4.90 Å². The van der Waals surface area contributed by atoms with Crippen LogP contribution in [0.2, 0.25) is 0 Å². The van der Waals surface area contributed by atoms with Gasteiger partial charge in [0.2, 0.25) is 0 Å². The third kappa shape index (κ3) is 4.44. The van der Waals surface area contributed by atoms with Crippen LogP contribution in [0.3, 0.4) is 0 Å². The van der Waals surface area contributed by atoms with Crippen molar-refractivity contribution in [3.63, 3.8) is 0 Å². The number of carbonyl (C=O) groups excluding carboxylic acids is 2. The van der Waals surface area contributed by atoms with Gasteiger partial charge in [-0.05, 0) is 55.3 Å². The van der Waals surface area contributed by atoms with Gasteiger partial charge in [-0.3, -0.25) is 9.59 Å².